The van der Waals surface area contributed by atoms with Crippen LogP contribution in [0.5, 0.6) is 5.75 Å². The van der Waals surface area contributed by atoms with Gasteiger partial charge in [0, 0.05) is 44.1 Å². The van der Waals surface area contributed by atoms with E-state index in [1.54, 1.807) is 17.3 Å². The molecule has 2 saturated heterocycles. The maximum Gasteiger partial charge on any atom is 0.345 e. The number of urea groups is 1. The van der Waals surface area contributed by atoms with Crippen molar-refractivity contribution in [3.8, 4) is 5.75 Å². The number of amidine groups is 1. The summed E-state index contributed by atoms with van der Waals surface area (Å²) in [6.45, 7) is 7.37. The molecule has 3 rings (SSSR count). The van der Waals surface area contributed by atoms with E-state index in [1.807, 2.05) is 13.8 Å². The SMILES string of the molecule is CC(C)/C(N)=N/C(=O)N1CCCC(COc2cnc(N3CCC(N)C3)nc2)C1. The fourth-order valence-electron chi connectivity index (χ4n) is 3.42. The first kappa shape index (κ1) is 20.3. The van der Waals surface area contributed by atoms with Gasteiger partial charge in [-0.25, -0.2) is 14.8 Å². The Bertz CT molecular complexity index is 692. The van der Waals surface area contributed by atoms with E-state index in [0.717, 1.165) is 32.4 Å². The molecule has 9 heteroatoms. The Morgan fingerprint density at radius 2 is 2.04 bits per heavy atom. The monoisotopic (exact) mass is 389 g/mol. The average Bonchev–Trinajstić information content (AvgIpc) is 3.13. The minimum atomic E-state index is -0.257. The summed E-state index contributed by atoms with van der Waals surface area (Å²) in [4.78, 5) is 28.9. The molecule has 0 bridgehead atoms. The molecule has 1 aromatic rings. The molecule has 3 heterocycles. The molecule has 2 aliphatic rings. The van der Waals surface area contributed by atoms with Gasteiger partial charge in [0.2, 0.25) is 5.95 Å². The smallest absolute Gasteiger partial charge is 0.345 e. The molecule has 0 spiro atoms. The molecule has 154 valence electrons. The number of carbonyl (C=O) groups excluding carboxylic acids is 1. The van der Waals surface area contributed by atoms with Crippen LogP contribution in [0.25, 0.3) is 0 Å². The summed E-state index contributed by atoms with van der Waals surface area (Å²) in [5.41, 5.74) is 11.7. The van der Waals surface area contributed by atoms with Crippen LogP contribution < -0.4 is 21.1 Å². The molecule has 28 heavy (non-hydrogen) atoms. The number of aliphatic imine (C=N–C) groups is 1. The molecule has 2 amide bonds. The summed E-state index contributed by atoms with van der Waals surface area (Å²) >= 11 is 0. The zero-order valence-electron chi connectivity index (χ0n) is 16.8. The maximum atomic E-state index is 12.3. The molecule has 1 aromatic heterocycles. The van der Waals surface area contributed by atoms with E-state index < -0.39 is 0 Å². The van der Waals surface area contributed by atoms with E-state index in [0.29, 0.717) is 37.2 Å². The van der Waals surface area contributed by atoms with Gasteiger partial charge in [0.1, 0.15) is 5.84 Å². The van der Waals surface area contributed by atoms with Crippen LogP contribution in [0.2, 0.25) is 0 Å². The van der Waals surface area contributed by atoms with E-state index in [-0.39, 0.29) is 23.9 Å². The van der Waals surface area contributed by atoms with Crippen molar-refractivity contribution in [2.75, 3.05) is 37.7 Å². The van der Waals surface area contributed by atoms with E-state index in [4.69, 9.17) is 16.2 Å². The number of piperidine rings is 1. The van der Waals surface area contributed by atoms with Gasteiger partial charge in [-0.2, -0.15) is 4.99 Å². The number of rotatable bonds is 5. The highest BCUT2D eigenvalue weighted by molar-refractivity contribution is 5.93. The number of nitrogens with two attached hydrogens (primary N) is 2. The highest BCUT2D eigenvalue weighted by Crippen LogP contribution is 2.20. The van der Waals surface area contributed by atoms with Gasteiger partial charge in [-0.1, -0.05) is 13.8 Å². The third kappa shape index (κ3) is 5.31. The van der Waals surface area contributed by atoms with E-state index in [2.05, 4.69) is 19.9 Å². The van der Waals surface area contributed by atoms with E-state index in [1.165, 1.54) is 0 Å². The van der Waals surface area contributed by atoms with Crippen LogP contribution in [0, 0.1) is 11.8 Å². The Balaban J connectivity index is 1.49. The summed E-state index contributed by atoms with van der Waals surface area (Å²) in [5, 5.41) is 0. The zero-order chi connectivity index (χ0) is 20.1. The van der Waals surface area contributed by atoms with E-state index in [9.17, 15) is 4.79 Å². The van der Waals surface area contributed by atoms with Crippen molar-refractivity contribution in [1.82, 2.24) is 14.9 Å². The predicted molar refractivity (Wildman–Crippen MR) is 108 cm³/mol. The number of amides is 2. The first-order valence-electron chi connectivity index (χ1n) is 10.0. The fourth-order valence-corrected chi connectivity index (χ4v) is 3.42. The average molecular weight is 390 g/mol. The number of likely N-dealkylation sites (tertiary alicyclic amines) is 1. The predicted octanol–water partition coefficient (Wildman–Crippen LogP) is 1.24. The molecule has 4 N–H and O–H groups in total. The van der Waals surface area contributed by atoms with Gasteiger partial charge >= 0.3 is 6.03 Å². The number of hydrogen-bond donors (Lipinski definition) is 2. The second-order valence-electron chi connectivity index (χ2n) is 7.95. The Labute approximate surface area is 166 Å². The third-order valence-corrected chi connectivity index (χ3v) is 5.21. The lowest BCUT2D eigenvalue weighted by Gasteiger charge is -2.31. The van der Waals surface area contributed by atoms with E-state index >= 15 is 0 Å². The number of nitrogens with zero attached hydrogens (tertiary/aromatic N) is 5. The van der Waals surface area contributed by atoms with Gasteiger partial charge in [-0.15, -0.1) is 0 Å². The molecule has 2 aliphatic heterocycles. The summed E-state index contributed by atoms with van der Waals surface area (Å²) < 4.78 is 5.86. The highest BCUT2D eigenvalue weighted by atomic mass is 16.5. The number of hydrogen-bond acceptors (Lipinski definition) is 6. The second-order valence-corrected chi connectivity index (χ2v) is 7.95. The van der Waals surface area contributed by atoms with Crippen LogP contribution in [-0.2, 0) is 0 Å². The van der Waals surface area contributed by atoms with Crippen LogP contribution >= 0.6 is 0 Å². The van der Waals surface area contributed by atoms with Crippen molar-refractivity contribution in [2.45, 2.75) is 39.2 Å². The lowest BCUT2D eigenvalue weighted by Crippen LogP contribution is -2.41. The summed E-state index contributed by atoms with van der Waals surface area (Å²) in [7, 11) is 0. The van der Waals surface area contributed by atoms with Gasteiger partial charge in [-0.05, 0) is 19.3 Å². The standard InChI is InChI=1S/C19H31N7O2/c1-13(2)17(21)24-19(27)26-6-3-4-14(10-26)12-28-16-8-22-18(23-9-16)25-7-5-15(20)11-25/h8-9,13-15H,3-7,10-12,20H2,1-2H3,(H2,21,24,27). The van der Waals surface area contributed by atoms with Crippen molar-refractivity contribution in [1.29, 1.82) is 0 Å². The van der Waals surface area contributed by atoms with Crippen molar-refractivity contribution in [3.63, 3.8) is 0 Å². The third-order valence-electron chi connectivity index (χ3n) is 5.21. The summed E-state index contributed by atoms with van der Waals surface area (Å²) in [6.07, 6.45) is 6.31. The molecular weight excluding hydrogens is 358 g/mol. The molecular formula is C19H31N7O2. The van der Waals surface area contributed by atoms with Crippen molar-refractivity contribution >= 4 is 17.8 Å². The largest absolute Gasteiger partial charge is 0.490 e. The quantitative estimate of drug-likeness (QED) is 0.573. The van der Waals surface area contributed by atoms with Crippen molar-refractivity contribution in [3.05, 3.63) is 12.4 Å². The van der Waals surface area contributed by atoms with Crippen LogP contribution in [0.15, 0.2) is 17.4 Å². The first-order chi connectivity index (χ1) is 13.4. The molecule has 0 aliphatic carbocycles. The van der Waals surface area contributed by atoms with Crippen molar-refractivity contribution in [2.24, 2.45) is 28.3 Å². The number of aromatic nitrogens is 2. The molecule has 0 aromatic carbocycles. The minimum absolute atomic E-state index is 0.0622. The Kier molecular flexibility index (Phi) is 6.66. The molecule has 2 atom stereocenters. The number of carbonyl (C=O) groups is 1. The molecule has 2 unspecified atom stereocenters. The van der Waals surface area contributed by atoms with Crippen LogP contribution in [0.4, 0.5) is 10.7 Å². The summed E-state index contributed by atoms with van der Waals surface area (Å²) in [5.74, 6) is 2.02. The van der Waals surface area contributed by atoms with Crippen molar-refractivity contribution < 1.29 is 9.53 Å². The van der Waals surface area contributed by atoms with Crippen LogP contribution in [-0.4, -0.2) is 65.6 Å². The van der Waals surface area contributed by atoms with Crippen LogP contribution in [0.3, 0.4) is 0 Å². The zero-order valence-corrected chi connectivity index (χ0v) is 16.8. The topological polar surface area (TPSA) is 123 Å². The maximum absolute atomic E-state index is 12.3. The van der Waals surface area contributed by atoms with Gasteiger partial charge in [0.25, 0.3) is 0 Å². The fraction of sp³-hybridized carbons (Fsp3) is 0.684. The van der Waals surface area contributed by atoms with Crippen LogP contribution in [0.1, 0.15) is 33.1 Å². The number of anilines is 1. The van der Waals surface area contributed by atoms with Gasteiger partial charge in [-0.3, -0.25) is 0 Å². The molecule has 2 fully saturated rings. The molecule has 0 radical (unpaired) electrons. The van der Waals surface area contributed by atoms with Gasteiger partial charge < -0.3 is 26.0 Å². The lowest BCUT2D eigenvalue weighted by molar-refractivity contribution is 0.142. The highest BCUT2D eigenvalue weighted by Gasteiger charge is 2.25. The molecule has 0 saturated carbocycles. The Hall–Kier alpha value is -2.42. The Morgan fingerprint density at radius 3 is 2.68 bits per heavy atom. The Morgan fingerprint density at radius 1 is 1.29 bits per heavy atom. The summed E-state index contributed by atoms with van der Waals surface area (Å²) in [6, 6.07) is -0.0656. The lowest BCUT2D eigenvalue weighted by atomic mass is 9.99. The van der Waals surface area contributed by atoms with Gasteiger partial charge in [0.05, 0.1) is 19.0 Å². The van der Waals surface area contributed by atoms with Gasteiger partial charge in [0.15, 0.2) is 5.75 Å². The normalized spacial score (nSPS) is 23.4. The minimum Gasteiger partial charge on any atom is -0.490 e. The number of ether oxygens (including phenoxy) is 1. The molecule has 9 nitrogen and oxygen atoms in total. The first-order valence-corrected chi connectivity index (χ1v) is 10.0. The second kappa shape index (κ2) is 9.18.